The molecule has 5 rings (SSSR count). The number of nitrogens with zero attached hydrogens (tertiary/aromatic N) is 2. The van der Waals surface area contributed by atoms with Gasteiger partial charge < -0.3 is 20.2 Å². The lowest BCUT2D eigenvalue weighted by molar-refractivity contribution is 0.342. The Labute approximate surface area is 183 Å². The lowest BCUT2D eigenvalue weighted by Crippen LogP contribution is -2.45. The van der Waals surface area contributed by atoms with Crippen LogP contribution < -0.4 is 15.1 Å². The maximum Gasteiger partial charge on any atom is 0.160 e. The predicted molar refractivity (Wildman–Crippen MR) is 120 cm³/mol. The molecule has 0 bridgehead atoms. The summed E-state index contributed by atoms with van der Waals surface area (Å²) in [4.78, 5) is 4.12. The second-order valence-corrected chi connectivity index (χ2v) is 8.31. The molecular formula is C22H16Cl3N3O. The van der Waals surface area contributed by atoms with Crippen LogP contribution in [0.4, 0.5) is 17.1 Å². The van der Waals surface area contributed by atoms with E-state index in [2.05, 4.69) is 10.2 Å². The number of hydrogen-bond acceptors (Lipinski definition) is 4. The first kappa shape index (κ1) is 18.5. The molecule has 146 valence electrons. The fourth-order valence-corrected chi connectivity index (χ4v) is 4.55. The Morgan fingerprint density at radius 3 is 2.28 bits per heavy atom. The third-order valence-electron chi connectivity index (χ3n) is 5.19. The SMILES string of the molecule is OC1=C2Nc3ccccc3N2CN(c2cc(Cl)cc(Cl)c2)[C@@H]1c1ccc(Cl)cc1. The van der Waals surface area contributed by atoms with Crippen LogP contribution in [-0.4, -0.2) is 11.8 Å². The molecule has 3 aromatic carbocycles. The van der Waals surface area contributed by atoms with Gasteiger partial charge in [0, 0.05) is 20.8 Å². The van der Waals surface area contributed by atoms with Gasteiger partial charge in [-0.25, -0.2) is 0 Å². The number of benzene rings is 3. The van der Waals surface area contributed by atoms with Gasteiger partial charge in [0.05, 0.1) is 18.0 Å². The summed E-state index contributed by atoms with van der Waals surface area (Å²) >= 11 is 18.7. The van der Waals surface area contributed by atoms with Crippen LogP contribution in [0, 0.1) is 0 Å². The van der Waals surface area contributed by atoms with E-state index in [1.807, 2.05) is 65.6 Å². The number of para-hydroxylation sites is 2. The monoisotopic (exact) mass is 443 g/mol. The molecule has 0 fully saturated rings. The van der Waals surface area contributed by atoms with Crippen molar-refractivity contribution in [2.75, 3.05) is 21.8 Å². The zero-order valence-corrected chi connectivity index (χ0v) is 17.4. The summed E-state index contributed by atoms with van der Waals surface area (Å²) in [6.45, 7) is 0.507. The highest BCUT2D eigenvalue weighted by atomic mass is 35.5. The van der Waals surface area contributed by atoms with Gasteiger partial charge in [-0.2, -0.15) is 0 Å². The van der Waals surface area contributed by atoms with Crippen LogP contribution in [0.2, 0.25) is 15.1 Å². The van der Waals surface area contributed by atoms with Crippen molar-refractivity contribution < 1.29 is 5.11 Å². The normalized spacial score (nSPS) is 17.8. The van der Waals surface area contributed by atoms with Crippen LogP contribution in [0.25, 0.3) is 0 Å². The Morgan fingerprint density at radius 2 is 1.55 bits per heavy atom. The van der Waals surface area contributed by atoms with Gasteiger partial charge in [0.2, 0.25) is 0 Å². The summed E-state index contributed by atoms with van der Waals surface area (Å²) in [5, 5.41) is 16.4. The molecular weight excluding hydrogens is 429 g/mol. The van der Waals surface area contributed by atoms with Crippen LogP contribution >= 0.6 is 34.8 Å². The Hall–Kier alpha value is -2.53. The molecule has 0 aliphatic carbocycles. The van der Waals surface area contributed by atoms with E-state index in [9.17, 15) is 5.11 Å². The van der Waals surface area contributed by atoms with Crippen molar-refractivity contribution in [1.82, 2.24) is 0 Å². The smallest absolute Gasteiger partial charge is 0.160 e. The molecule has 0 radical (unpaired) electrons. The molecule has 2 heterocycles. The van der Waals surface area contributed by atoms with Crippen LogP contribution in [0.5, 0.6) is 0 Å². The average Bonchev–Trinajstić information content (AvgIpc) is 3.07. The number of hydrogen-bond donors (Lipinski definition) is 2. The summed E-state index contributed by atoms with van der Waals surface area (Å²) in [7, 11) is 0. The minimum Gasteiger partial charge on any atom is -0.506 e. The maximum absolute atomic E-state index is 11.3. The molecule has 1 atom stereocenters. The molecule has 0 spiro atoms. The lowest BCUT2D eigenvalue weighted by atomic mass is 10.0. The van der Waals surface area contributed by atoms with E-state index in [1.165, 1.54) is 0 Å². The Kier molecular flexibility index (Phi) is 4.50. The topological polar surface area (TPSA) is 38.7 Å². The first-order chi connectivity index (χ1) is 14.0. The van der Waals surface area contributed by atoms with Crippen molar-refractivity contribution >= 4 is 51.9 Å². The molecule has 0 unspecified atom stereocenters. The van der Waals surface area contributed by atoms with E-state index in [0.29, 0.717) is 27.6 Å². The fraction of sp³-hybridized carbons (Fsp3) is 0.0909. The molecule has 0 saturated carbocycles. The van der Waals surface area contributed by atoms with E-state index in [4.69, 9.17) is 34.8 Å². The van der Waals surface area contributed by atoms with E-state index in [-0.39, 0.29) is 5.76 Å². The van der Waals surface area contributed by atoms with Crippen LogP contribution in [-0.2, 0) is 0 Å². The van der Waals surface area contributed by atoms with Crippen LogP contribution in [0.1, 0.15) is 11.6 Å². The average molecular weight is 445 g/mol. The van der Waals surface area contributed by atoms with Gasteiger partial charge >= 0.3 is 0 Å². The number of aliphatic hydroxyl groups excluding tert-OH is 1. The highest BCUT2D eigenvalue weighted by molar-refractivity contribution is 6.35. The van der Waals surface area contributed by atoms with E-state index < -0.39 is 6.04 Å². The summed E-state index contributed by atoms with van der Waals surface area (Å²) < 4.78 is 0. The third kappa shape index (κ3) is 3.18. The molecule has 3 aromatic rings. The third-order valence-corrected chi connectivity index (χ3v) is 5.88. The molecule has 2 aliphatic heterocycles. The first-order valence-corrected chi connectivity index (χ1v) is 10.2. The number of fused-ring (bicyclic) bond motifs is 3. The molecule has 29 heavy (non-hydrogen) atoms. The highest BCUT2D eigenvalue weighted by Gasteiger charge is 2.39. The summed E-state index contributed by atoms with van der Waals surface area (Å²) in [6, 6.07) is 20.4. The van der Waals surface area contributed by atoms with Gasteiger partial charge in [-0.05, 0) is 48.0 Å². The minimum atomic E-state index is -0.421. The number of aliphatic hydroxyl groups is 1. The fourth-order valence-electron chi connectivity index (χ4n) is 3.91. The summed E-state index contributed by atoms with van der Waals surface area (Å²) in [6.07, 6.45) is 0. The Morgan fingerprint density at radius 1 is 0.862 bits per heavy atom. The standard InChI is InChI=1S/C22H16Cl3N3O/c23-14-7-5-13(6-8-14)20-21(29)22-26-18-3-1-2-4-19(18)28(22)12-27(20)17-10-15(24)9-16(25)11-17/h1-11,20,26,29H,12H2/t20-/m1/s1. The second kappa shape index (κ2) is 7.06. The quantitative estimate of drug-likeness (QED) is 0.454. The molecule has 0 amide bonds. The van der Waals surface area contributed by atoms with Crippen molar-refractivity contribution in [2.24, 2.45) is 0 Å². The van der Waals surface area contributed by atoms with Crippen molar-refractivity contribution in [3.05, 3.63) is 98.9 Å². The molecule has 2 aliphatic rings. The van der Waals surface area contributed by atoms with Crippen LogP contribution in [0.3, 0.4) is 0 Å². The Bertz CT molecular complexity index is 1110. The molecule has 2 N–H and O–H groups in total. The lowest BCUT2D eigenvalue weighted by Gasteiger charge is -2.42. The van der Waals surface area contributed by atoms with Gasteiger partial charge in [-0.15, -0.1) is 0 Å². The highest BCUT2D eigenvalue weighted by Crippen LogP contribution is 2.46. The summed E-state index contributed by atoms with van der Waals surface area (Å²) in [5.74, 6) is 0.890. The van der Waals surface area contributed by atoms with Crippen LogP contribution in [0.15, 0.2) is 78.3 Å². The maximum atomic E-state index is 11.3. The predicted octanol–water partition coefficient (Wildman–Crippen LogP) is 6.82. The van der Waals surface area contributed by atoms with Crippen molar-refractivity contribution in [3.8, 4) is 0 Å². The molecule has 7 heteroatoms. The van der Waals surface area contributed by atoms with E-state index in [0.717, 1.165) is 22.6 Å². The molecule has 0 saturated heterocycles. The van der Waals surface area contributed by atoms with Gasteiger partial charge in [0.1, 0.15) is 6.04 Å². The first-order valence-electron chi connectivity index (χ1n) is 9.06. The number of nitrogens with one attached hydrogen (secondary N) is 1. The minimum absolute atomic E-state index is 0.214. The van der Waals surface area contributed by atoms with Gasteiger partial charge in [0.15, 0.2) is 11.6 Å². The van der Waals surface area contributed by atoms with E-state index >= 15 is 0 Å². The second-order valence-electron chi connectivity index (χ2n) is 7.00. The zero-order valence-electron chi connectivity index (χ0n) is 15.1. The number of anilines is 3. The van der Waals surface area contributed by atoms with Crippen molar-refractivity contribution in [3.63, 3.8) is 0 Å². The van der Waals surface area contributed by atoms with Crippen molar-refractivity contribution in [1.29, 1.82) is 0 Å². The Balaban J connectivity index is 1.68. The van der Waals surface area contributed by atoms with E-state index in [1.54, 1.807) is 6.07 Å². The van der Waals surface area contributed by atoms with Gasteiger partial charge in [0.25, 0.3) is 0 Å². The van der Waals surface area contributed by atoms with Gasteiger partial charge in [-0.1, -0.05) is 59.1 Å². The zero-order chi connectivity index (χ0) is 20.1. The number of rotatable bonds is 2. The van der Waals surface area contributed by atoms with Crippen molar-refractivity contribution in [2.45, 2.75) is 6.04 Å². The molecule has 4 nitrogen and oxygen atoms in total. The molecule has 0 aromatic heterocycles. The largest absolute Gasteiger partial charge is 0.506 e. The summed E-state index contributed by atoms with van der Waals surface area (Å²) in [5.41, 5.74) is 3.68. The van der Waals surface area contributed by atoms with Gasteiger partial charge in [-0.3, -0.25) is 0 Å². The number of halogens is 3.